The highest BCUT2D eigenvalue weighted by atomic mass is 16.3. The van der Waals surface area contributed by atoms with E-state index < -0.39 is 0 Å². The first-order chi connectivity index (χ1) is 13.5. The Labute approximate surface area is 165 Å². The Balaban J connectivity index is 1.37. The molecule has 148 valence electrons. The number of piperidine rings is 1. The van der Waals surface area contributed by atoms with Crippen LogP contribution >= 0.6 is 0 Å². The van der Waals surface area contributed by atoms with Gasteiger partial charge in [-0.15, -0.1) is 0 Å². The van der Waals surface area contributed by atoms with Crippen LogP contribution in [-0.4, -0.2) is 41.6 Å². The van der Waals surface area contributed by atoms with Crippen molar-refractivity contribution in [2.24, 2.45) is 0 Å². The Morgan fingerprint density at radius 1 is 1.00 bits per heavy atom. The highest BCUT2D eigenvalue weighted by Gasteiger charge is 2.23. The summed E-state index contributed by atoms with van der Waals surface area (Å²) in [6, 6.07) is 14.9. The van der Waals surface area contributed by atoms with Gasteiger partial charge in [0.05, 0.1) is 6.54 Å². The molecule has 1 heterocycles. The standard InChI is InChI=1S/C22H27N3O3/c1-16-2-4-17(5-3-16)14-23-22(28)24-15-21(27)25-12-10-19(11-13-25)18-6-8-20(26)9-7-18/h2-9,19,26H,10-15H2,1H3,(H2,23,24,28). The molecule has 0 atom stereocenters. The number of nitrogens with zero attached hydrogens (tertiary/aromatic N) is 1. The van der Waals surface area contributed by atoms with Crippen LogP contribution in [0.15, 0.2) is 48.5 Å². The third-order valence-electron chi connectivity index (χ3n) is 5.19. The highest BCUT2D eigenvalue weighted by Crippen LogP contribution is 2.28. The number of urea groups is 1. The fourth-order valence-electron chi connectivity index (χ4n) is 3.43. The molecule has 2 aromatic carbocycles. The van der Waals surface area contributed by atoms with Crippen LogP contribution in [0.1, 0.15) is 35.4 Å². The monoisotopic (exact) mass is 381 g/mol. The quantitative estimate of drug-likeness (QED) is 0.745. The average Bonchev–Trinajstić information content (AvgIpc) is 2.72. The van der Waals surface area contributed by atoms with Gasteiger partial charge >= 0.3 is 6.03 Å². The van der Waals surface area contributed by atoms with E-state index in [1.54, 1.807) is 17.0 Å². The zero-order valence-electron chi connectivity index (χ0n) is 16.1. The number of phenols is 1. The predicted octanol–water partition coefficient (Wildman–Crippen LogP) is 2.91. The summed E-state index contributed by atoms with van der Waals surface area (Å²) in [5.74, 6) is 0.605. The molecule has 0 bridgehead atoms. The van der Waals surface area contributed by atoms with E-state index >= 15 is 0 Å². The Kier molecular flexibility index (Phi) is 6.53. The fraction of sp³-hybridized carbons (Fsp3) is 0.364. The normalized spacial score (nSPS) is 14.5. The third kappa shape index (κ3) is 5.49. The second-order valence-corrected chi connectivity index (χ2v) is 7.27. The zero-order chi connectivity index (χ0) is 19.9. The maximum absolute atomic E-state index is 12.4. The van der Waals surface area contributed by atoms with Crippen LogP contribution in [0.4, 0.5) is 4.79 Å². The Bertz CT molecular complexity index is 795. The lowest BCUT2D eigenvalue weighted by Gasteiger charge is -2.32. The summed E-state index contributed by atoms with van der Waals surface area (Å²) in [5.41, 5.74) is 3.38. The van der Waals surface area contributed by atoms with Gasteiger partial charge in [-0.05, 0) is 48.9 Å². The van der Waals surface area contributed by atoms with E-state index in [0.717, 1.165) is 18.4 Å². The van der Waals surface area contributed by atoms with Crippen molar-refractivity contribution in [2.75, 3.05) is 19.6 Å². The van der Waals surface area contributed by atoms with Gasteiger partial charge in [-0.25, -0.2) is 4.79 Å². The van der Waals surface area contributed by atoms with Crippen molar-refractivity contribution in [2.45, 2.75) is 32.2 Å². The second kappa shape index (κ2) is 9.26. The van der Waals surface area contributed by atoms with Crippen molar-refractivity contribution < 1.29 is 14.7 Å². The molecule has 1 saturated heterocycles. The van der Waals surface area contributed by atoms with Crippen LogP contribution in [0.3, 0.4) is 0 Å². The fourth-order valence-corrected chi connectivity index (χ4v) is 3.43. The molecular weight excluding hydrogens is 354 g/mol. The van der Waals surface area contributed by atoms with Gasteiger partial charge in [0.1, 0.15) is 5.75 Å². The number of aryl methyl sites for hydroxylation is 1. The number of phenolic OH excluding ortho intramolecular Hbond substituents is 1. The largest absolute Gasteiger partial charge is 0.508 e. The van der Waals surface area contributed by atoms with E-state index in [-0.39, 0.29) is 24.2 Å². The smallest absolute Gasteiger partial charge is 0.315 e. The number of likely N-dealkylation sites (tertiary alicyclic amines) is 1. The molecule has 0 aliphatic carbocycles. The minimum Gasteiger partial charge on any atom is -0.508 e. The molecule has 3 amide bonds. The second-order valence-electron chi connectivity index (χ2n) is 7.27. The van der Waals surface area contributed by atoms with Crippen molar-refractivity contribution in [1.29, 1.82) is 0 Å². The van der Waals surface area contributed by atoms with E-state index in [1.165, 1.54) is 11.1 Å². The Hall–Kier alpha value is -3.02. The third-order valence-corrected chi connectivity index (χ3v) is 5.19. The molecule has 28 heavy (non-hydrogen) atoms. The number of hydrogen-bond donors (Lipinski definition) is 3. The first-order valence-electron chi connectivity index (χ1n) is 9.65. The number of nitrogens with one attached hydrogen (secondary N) is 2. The number of rotatable bonds is 5. The van der Waals surface area contributed by atoms with Gasteiger partial charge in [-0.1, -0.05) is 42.0 Å². The Morgan fingerprint density at radius 3 is 2.29 bits per heavy atom. The van der Waals surface area contributed by atoms with Crippen LogP contribution in [-0.2, 0) is 11.3 Å². The van der Waals surface area contributed by atoms with Gasteiger partial charge in [0.2, 0.25) is 5.91 Å². The molecule has 6 heteroatoms. The molecule has 2 aromatic rings. The lowest BCUT2D eigenvalue weighted by atomic mass is 9.89. The summed E-state index contributed by atoms with van der Waals surface area (Å²) in [5, 5.41) is 14.8. The molecular formula is C22H27N3O3. The van der Waals surface area contributed by atoms with Crippen molar-refractivity contribution in [3.05, 3.63) is 65.2 Å². The number of carbonyl (C=O) groups is 2. The summed E-state index contributed by atoms with van der Waals surface area (Å²) < 4.78 is 0. The van der Waals surface area contributed by atoms with Crippen molar-refractivity contribution in [3.63, 3.8) is 0 Å². The summed E-state index contributed by atoms with van der Waals surface area (Å²) in [6.45, 7) is 3.80. The van der Waals surface area contributed by atoms with E-state index in [1.807, 2.05) is 43.3 Å². The lowest BCUT2D eigenvalue weighted by molar-refractivity contribution is -0.131. The average molecular weight is 381 g/mol. The summed E-state index contributed by atoms with van der Waals surface area (Å²) in [4.78, 5) is 26.1. The van der Waals surface area contributed by atoms with E-state index in [4.69, 9.17) is 0 Å². The molecule has 1 aliphatic heterocycles. The first-order valence-corrected chi connectivity index (χ1v) is 9.65. The molecule has 6 nitrogen and oxygen atoms in total. The topological polar surface area (TPSA) is 81.7 Å². The number of benzene rings is 2. The summed E-state index contributed by atoms with van der Waals surface area (Å²) in [7, 11) is 0. The lowest BCUT2D eigenvalue weighted by Crippen LogP contribution is -2.45. The van der Waals surface area contributed by atoms with Crippen LogP contribution < -0.4 is 10.6 Å². The zero-order valence-corrected chi connectivity index (χ0v) is 16.1. The number of aromatic hydroxyl groups is 1. The maximum Gasteiger partial charge on any atom is 0.315 e. The van der Waals surface area contributed by atoms with Gasteiger partial charge in [-0.2, -0.15) is 0 Å². The van der Waals surface area contributed by atoms with Crippen molar-refractivity contribution in [1.82, 2.24) is 15.5 Å². The van der Waals surface area contributed by atoms with Gasteiger partial charge < -0.3 is 20.6 Å². The first kappa shape index (κ1) is 19.7. The van der Waals surface area contributed by atoms with Gasteiger partial charge in [-0.3, -0.25) is 4.79 Å². The molecule has 1 aliphatic rings. The maximum atomic E-state index is 12.4. The van der Waals surface area contributed by atoms with Gasteiger partial charge in [0, 0.05) is 19.6 Å². The van der Waals surface area contributed by atoms with Crippen LogP contribution in [0.5, 0.6) is 5.75 Å². The minimum atomic E-state index is -0.340. The molecule has 3 N–H and O–H groups in total. The Morgan fingerprint density at radius 2 is 1.64 bits per heavy atom. The molecule has 1 fully saturated rings. The molecule has 0 aromatic heterocycles. The predicted molar refractivity (Wildman–Crippen MR) is 108 cm³/mol. The van der Waals surface area contributed by atoms with E-state index in [2.05, 4.69) is 10.6 Å². The SMILES string of the molecule is Cc1ccc(CNC(=O)NCC(=O)N2CCC(c3ccc(O)cc3)CC2)cc1. The van der Waals surface area contributed by atoms with E-state index in [9.17, 15) is 14.7 Å². The summed E-state index contributed by atoms with van der Waals surface area (Å²) >= 11 is 0. The molecule has 0 radical (unpaired) electrons. The molecule has 0 saturated carbocycles. The molecule has 0 spiro atoms. The molecule has 3 rings (SSSR count). The minimum absolute atomic E-state index is 0.00358. The van der Waals surface area contributed by atoms with Gasteiger partial charge in [0.15, 0.2) is 0 Å². The van der Waals surface area contributed by atoms with E-state index in [0.29, 0.717) is 25.6 Å². The van der Waals surface area contributed by atoms with Crippen molar-refractivity contribution >= 4 is 11.9 Å². The van der Waals surface area contributed by atoms with Crippen molar-refractivity contribution in [3.8, 4) is 5.75 Å². The van der Waals surface area contributed by atoms with Crippen LogP contribution in [0, 0.1) is 6.92 Å². The summed E-state index contributed by atoms with van der Waals surface area (Å²) in [6.07, 6.45) is 1.77. The molecule has 0 unspecified atom stereocenters. The highest BCUT2D eigenvalue weighted by molar-refractivity contribution is 5.84. The number of hydrogen-bond acceptors (Lipinski definition) is 3. The number of amides is 3. The number of carbonyl (C=O) groups excluding carboxylic acids is 2. The van der Waals surface area contributed by atoms with Crippen LogP contribution in [0.2, 0.25) is 0 Å². The van der Waals surface area contributed by atoms with Crippen LogP contribution in [0.25, 0.3) is 0 Å². The van der Waals surface area contributed by atoms with Gasteiger partial charge in [0.25, 0.3) is 0 Å².